The molecule has 0 saturated heterocycles. The first-order chi connectivity index (χ1) is 12.6. The quantitative estimate of drug-likeness (QED) is 0.635. The molecule has 0 unspecified atom stereocenters. The van der Waals surface area contributed by atoms with Gasteiger partial charge in [0.2, 0.25) is 0 Å². The molecule has 134 valence electrons. The smallest absolute Gasteiger partial charge is 0.252 e. The van der Waals surface area contributed by atoms with Gasteiger partial charge in [0.1, 0.15) is 16.2 Å². The van der Waals surface area contributed by atoms with E-state index in [1.807, 2.05) is 24.3 Å². The van der Waals surface area contributed by atoms with E-state index in [0.717, 1.165) is 38.5 Å². The lowest BCUT2D eigenvalue weighted by atomic mass is 10.2. The summed E-state index contributed by atoms with van der Waals surface area (Å²) in [6.07, 6.45) is 6.19. The van der Waals surface area contributed by atoms with Crippen molar-refractivity contribution in [2.75, 3.05) is 0 Å². The summed E-state index contributed by atoms with van der Waals surface area (Å²) >= 11 is 3.24. The van der Waals surface area contributed by atoms with E-state index in [0.29, 0.717) is 6.04 Å². The highest BCUT2D eigenvalue weighted by Crippen LogP contribution is 2.38. The predicted octanol–water partition coefficient (Wildman–Crippen LogP) is 5.13. The Kier molecular flexibility index (Phi) is 4.96. The number of amides is 1. The van der Waals surface area contributed by atoms with E-state index in [2.05, 4.69) is 29.1 Å². The van der Waals surface area contributed by atoms with Crippen LogP contribution in [0.2, 0.25) is 0 Å². The molecule has 3 aromatic rings. The van der Waals surface area contributed by atoms with E-state index in [-0.39, 0.29) is 5.91 Å². The minimum absolute atomic E-state index is 0.0171. The number of nitrogens with one attached hydrogen (secondary N) is 1. The number of carbonyl (C=O) groups excluding carboxylic acids is 1. The summed E-state index contributed by atoms with van der Waals surface area (Å²) in [5.41, 5.74) is 1.95. The highest BCUT2D eigenvalue weighted by atomic mass is 32.2. The lowest BCUT2D eigenvalue weighted by Crippen LogP contribution is -2.32. The predicted molar refractivity (Wildman–Crippen MR) is 107 cm³/mol. The van der Waals surface area contributed by atoms with Crippen molar-refractivity contribution < 1.29 is 4.79 Å². The third-order valence-electron chi connectivity index (χ3n) is 4.96. The summed E-state index contributed by atoms with van der Waals surface area (Å²) in [6.45, 7) is 4.22. The summed E-state index contributed by atoms with van der Waals surface area (Å²) in [6, 6.07) is 8.10. The minimum atomic E-state index is 0.0171. The van der Waals surface area contributed by atoms with Crippen LogP contribution in [0.3, 0.4) is 0 Å². The van der Waals surface area contributed by atoms with Gasteiger partial charge in [-0.2, -0.15) is 0 Å². The molecule has 0 bridgehead atoms. The van der Waals surface area contributed by atoms with E-state index in [9.17, 15) is 4.79 Å². The van der Waals surface area contributed by atoms with Crippen LogP contribution >= 0.6 is 23.1 Å². The van der Waals surface area contributed by atoms with Crippen molar-refractivity contribution in [3.8, 4) is 0 Å². The van der Waals surface area contributed by atoms with Crippen LogP contribution < -0.4 is 5.32 Å². The van der Waals surface area contributed by atoms with E-state index in [1.54, 1.807) is 29.4 Å². The number of hydrogen-bond acceptors (Lipinski definition) is 5. The number of nitrogens with zero attached hydrogens (tertiary/aromatic N) is 2. The molecule has 1 N–H and O–H groups in total. The van der Waals surface area contributed by atoms with Crippen molar-refractivity contribution in [3.05, 3.63) is 46.6 Å². The van der Waals surface area contributed by atoms with Crippen LogP contribution in [-0.2, 0) is 0 Å². The molecule has 0 atom stereocenters. The summed E-state index contributed by atoms with van der Waals surface area (Å²) in [7, 11) is 0. The fraction of sp³-hybridized carbons (Fsp3) is 0.350. The fourth-order valence-corrected chi connectivity index (χ4v) is 5.55. The normalized spacial score (nSPS) is 14.8. The molecular formula is C20H21N3OS2. The topological polar surface area (TPSA) is 54.9 Å². The highest BCUT2D eigenvalue weighted by Gasteiger charge is 2.21. The highest BCUT2D eigenvalue weighted by molar-refractivity contribution is 7.99. The summed E-state index contributed by atoms with van der Waals surface area (Å²) in [4.78, 5) is 24.9. The van der Waals surface area contributed by atoms with E-state index in [4.69, 9.17) is 0 Å². The molecule has 0 radical (unpaired) electrons. The number of fused-ring (bicyclic) bond motifs is 1. The Balaban J connectivity index is 1.66. The molecule has 2 aromatic heterocycles. The van der Waals surface area contributed by atoms with Gasteiger partial charge in [-0.15, -0.1) is 11.3 Å². The number of carbonyl (C=O) groups is 1. The van der Waals surface area contributed by atoms with Crippen LogP contribution in [0, 0.1) is 13.8 Å². The largest absolute Gasteiger partial charge is 0.349 e. The number of rotatable bonds is 4. The summed E-state index contributed by atoms with van der Waals surface area (Å²) < 4.78 is 0. The van der Waals surface area contributed by atoms with Gasteiger partial charge in [-0.3, -0.25) is 4.79 Å². The number of thiophene rings is 1. The maximum atomic E-state index is 12.8. The third-order valence-corrected chi connectivity index (χ3v) is 7.15. The van der Waals surface area contributed by atoms with E-state index >= 15 is 0 Å². The Bertz CT molecular complexity index is 961. The molecule has 1 saturated carbocycles. The standard InChI is InChI=1S/C20H21N3OS2/c1-12-13(2)25-19-17(12)20(22-11-21-19)26-16-10-6-5-9-15(16)18(24)23-14-7-3-4-8-14/h5-6,9-11,14H,3-4,7-8H2,1-2H3,(H,23,24). The number of hydrogen-bond donors (Lipinski definition) is 1. The van der Waals surface area contributed by atoms with Gasteiger partial charge in [-0.05, 0) is 44.4 Å². The Hall–Kier alpha value is -1.92. The second-order valence-corrected chi connectivity index (χ2v) is 8.93. The number of aromatic nitrogens is 2. The van der Waals surface area contributed by atoms with Crippen molar-refractivity contribution >= 4 is 39.2 Å². The van der Waals surface area contributed by atoms with Gasteiger partial charge in [-0.1, -0.05) is 36.7 Å². The zero-order chi connectivity index (χ0) is 18.1. The van der Waals surface area contributed by atoms with Gasteiger partial charge >= 0.3 is 0 Å². The maximum Gasteiger partial charge on any atom is 0.252 e. The molecule has 4 nitrogen and oxygen atoms in total. The first-order valence-corrected chi connectivity index (χ1v) is 10.5. The molecule has 1 amide bonds. The Labute approximate surface area is 161 Å². The van der Waals surface area contributed by atoms with Crippen molar-refractivity contribution in [3.63, 3.8) is 0 Å². The van der Waals surface area contributed by atoms with Gasteiger partial charge in [0.05, 0.1) is 5.56 Å². The molecule has 0 spiro atoms. The van der Waals surface area contributed by atoms with Crippen LogP contribution in [0.15, 0.2) is 40.5 Å². The lowest BCUT2D eigenvalue weighted by molar-refractivity contribution is 0.0935. The molecule has 1 aliphatic carbocycles. The van der Waals surface area contributed by atoms with E-state index < -0.39 is 0 Å². The third kappa shape index (κ3) is 3.35. The van der Waals surface area contributed by atoms with Crippen LogP contribution in [0.1, 0.15) is 46.5 Å². The second-order valence-electron chi connectivity index (χ2n) is 6.70. The zero-order valence-corrected chi connectivity index (χ0v) is 16.5. The number of aryl methyl sites for hydroxylation is 2. The van der Waals surface area contributed by atoms with Crippen LogP contribution in [0.25, 0.3) is 10.2 Å². The van der Waals surface area contributed by atoms with Gasteiger partial charge in [0.25, 0.3) is 5.91 Å². The molecule has 1 aromatic carbocycles. The Morgan fingerprint density at radius 1 is 1.19 bits per heavy atom. The molecule has 26 heavy (non-hydrogen) atoms. The molecular weight excluding hydrogens is 362 g/mol. The fourth-order valence-electron chi connectivity index (χ4n) is 3.41. The number of benzene rings is 1. The van der Waals surface area contributed by atoms with Crippen LogP contribution in [0.4, 0.5) is 0 Å². The summed E-state index contributed by atoms with van der Waals surface area (Å²) in [5.74, 6) is 0.0171. The first kappa shape index (κ1) is 17.5. The maximum absolute atomic E-state index is 12.8. The van der Waals surface area contributed by atoms with Crippen molar-refractivity contribution in [2.24, 2.45) is 0 Å². The van der Waals surface area contributed by atoms with Crippen LogP contribution in [-0.4, -0.2) is 21.9 Å². The molecule has 2 heterocycles. The monoisotopic (exact) mass is 383 g/mol. The molecule has 1 fully saturated rings. The average Bonchev–Trinajstić information content (AvgIpc) is 3.24. The van der Waals surface area contributed by atoms with Gasteiger partial charge in [0, 0.05) is 21.2 Å². The summed E-state index contributed by atoms with van der Waals surface area (Å²) in [5, 5.41) is 5.21. The zero-order valence-electron chi connectivity index (χ0n) is 14.9. The Morgan fingerprint density at radius 3 is 2.77 bits per heavy atom. The van der Waals surface area contributed by atoms with Crippen molar-refractivity contribution in [1.29, 1.82) is 0 Å². The Morgan fingerprint density at radius 2 is 1.96 bits per heavy atom. The lowest BCUT2D eigenvalue weighted by Gasteiger charge is -2.14. The van der Waals surface area contributed by atoms with Crippen molar-refractivity contribution in [1.82, 2.24) is 15.3 Å². The van der Waals surface area contributed by atoms with Gasteiger partial charge in [-0.25, -0.2) is 9.97 Å². The van der Waals surface area contributed by atoms with Gasteiger partial charge in [0.15, 0.2) is 0 Å². The van der Waals surface area contributed by atoms with Crippen LogP contribution in [0.5, 0.6) is 0 Å². The van der Waals surface area contributed by atoms with Gasteiger partial charge < -0.3 is 5.32 Å². The SMILES string of the molecule is Cc1sc2ncnc(Sc3ccccc3C(=O)NC3CCCC3)c2c1C. The first-order valence-electron chi connectivity index (χ1n) is 8.92. The second kappa shape index (κ2) is 7.37. The molecule has 0 aliphatic heterocycles. The molecule has 6 heteroatoms. The van der Waals surface area contributed by atoms with Crippen molar-refractivity contribution in [2.45, 2.75) is 55.5 Å². The molecule has 4 rings (SSSR count). The molecule has 1 aliphatic rings. The minimum Gasteiger partial charge on any atom is -0.349 e. The van der Waals surface area contributed by atoms with E-state index in [1.165, 1.54) is 23.3 Å². The average molecular weight is 384 g/mol.